The van der Waals surface area contributed by atoms with Crippen molar-refractivity contribution in [2.75, 3.05) is 19.5 Å². The van der Waals surface area contributed by atoms with E-state index in [4.69, 9.17) is 4.74 Å². The zero-order valence-corrected chi connectivity index (χ0v) is 15.6. The molecule has 0 radical (unpaired) electrons. The van der Waals surface area contributed by atoms with Gasteiger partial charge in [-0.15, -0.1) is 11.3 Å². The molecule has 0 aliphatic rings. The monoisotopic (exact) mass is 417 g/mol. The first-order chi connectivity index (χ1) is 10.9. The SMILES string of the molecule is COCCS(=O)(=O)c1ccc(C(=O)NCc2cc(Br)cs2)cc1. The summed E-state index contributed by atoms with van der Waals surface area (Å²) in [4.78, 5) is 13.3. The van der Waals surface area contributed by atoms with Gasteiger partial charge in [-0.25, -0.2) is 8.42 Å². The van der Waals surface area contributed by atoms with Crippen LogP contribution in [0.15, 0.2) is 45.1 Å². The number of hydrogen-bond donors (Lipinski definition) is 1. The van der Waals surface area contributed by atoms with Crippen LogP contribution < -0.4 is 5.32 Å². The van der Waals surface area contributed by atoms with E-state index < -0.39 is 9.84 Å². The maximum absolute atomic E-state index is 12.1. The Bertz CT molecular complexity index is 769. The molecule has 0 saturated heterocycles. The lowest BCUT2D eigenvalue weighted by Crippen LogP contribution is -2.22. The highest BCUT2D eigenvalue weighted by Crippen LogP contribution is 2.19. The lowest BCUT2D eigenvalue weighted by atomic mass is 10.2. The summed E-state index contributed by atoms with van der Waals surface area (Å²) in [5, 5.41) is 4.75. The van der Waals surface area contributed by atoms with E-state index in [1.807, 2.05) is 11.4 Å². The normalized spacial score (nSPS) is 11.4. The van der Waals surface area contributed by atoms with Crippen LogP contribution in [0.25, 0.3) is 0 Å². The molecule has 0 spiro atoms. The molecule has 1 N–H and O–H groups in total. The van der Waals surface area contributed by atoms with Crippen LogP contribution in [-0.4, -0.2) is 33.8 Å². The van der Waals surface area contributed by atoms with Crippen molar-refractivity contribution >= 4 is 43.0 Å². The van der Waals surface area contributed by atoms with Crippen LogP contribution in [-0.2, 0) is 21.1 Å². The first kappa shape index (κ1) is 18.1. The number of nitrogens with one attached hydrogen (secondary N) is 1. The minimum absolute atomic E-state index is 0.0811. The standard InChI is InChI=1S/C15H16BrNO4S2/c1-21-6-7-23(19,20)14-4-2-11(3-5-14)15(18)17-9-13-8-12(16)10-22-13/h2-5,8,10H,6-7,9H2,1H3,(H,17,18). The molecule has 0 saturated carbocycles. The maximum Gasteiger partial charge on any atom is 0.251 e. The summed E-state index contributed by atoms with van der Waals surface area (Å²) >= 11 is 4.91. The Kier molecular flexibility index (Phi) is 6.34. The van der Waals surface area contributed by atoms with Gasteiger partial charge in [0.05, 0.1) is 23.8 Å². The summed E-state index contributed by atoms with van der Waals surface area (Å²) in [6.45, 7) is 0.573. The van der Waals surface area contributed by atoms with Crippen molar-refractivity contribution in [3.8, 4) is 0 Å². The number of benzene rings is 1. The van der Waals surface area contributed by atoms with E-state index in [-0.39, 0.29) is 23.2 Å². The van der Waals surface area contributed by atoms with E-state index in [2.05, 4.69) is 21.2 Å². The molecular formula is C15H16BrNO4S2. The van der Waals surface area contributed by atoms with Gasteiger partial charge in [0.1, 0.15) is 0 Å². The molecule has 2 aromatic rings. The molecule has 23 heavy (non-hydrogen) atoms. The summed E-state index contributed by atoms with van der Waals surface area (Å²) in [6.07, 6.45) is 0. The van der Waals surface area contributed by atoms with Crippen molar-refractivity contribution in [2.45, 2.75) is 11.4 Å². The third kappa shape index (κ3) is 5.13. The second-order valence-electron chi connectivity index (χ2n) is 4.75. The molecular weight excluding hydrogens is 402 g/mol. The fourth-order valence-corrected chi connectivity index (χ4v) is 4.40. The Morgan fingerprint density at radius 3 is 2.57 bits per heavy atom. The summed E-state index contributed by atoms with van der Waals surface area (Å²) in [6, 6.07) is 7.86. The highest BCUT2D eigenvalue weighted by molar-refractivity contribution is 9.10. The summed E-state index contributed by atoms with van der Waals surface area (Å²) in [5.74, 6) is -0.321. The molecule has 1 amide bonds. The van der Waals surface area contributed by atoms with Gasteiger partial charge in [0.25, 0.3) is 5.91 Å². The molecule has 1 heterocycles. The number of amides is 1. The third-order valence-corrected chi connectivity index (χ3v) is 6.47. The number of hydrogen-bond acceptors (Lipinski definition) is 5. The Morgan fingerprint density at radius 2 is 2.00 bits per heavy atom. The van der Waals surface area contributed by atoms with Crippen LogP contribution in [0.2, 0.25) is 0 Å². The van der Waals surface area contributed by atoms with Crippen molar-refractivity contribution in [3.05, 3.63) is 50.6 Å². The molecule has 0 fully saturated rings. The molecule has 0 aliphatic carbocycles. The highest BCUT2D eigenvalue weighted by atomic mass is 79.9. The van der Waals surface area contributed by atoms with Gasteiger partial charge in [0.15, 0.2) is 9.84 Å². The minimum atomic E-state index is -3.38. The van der Waals surface area contributed by atoms with Crippen LogP contribution in [0, 0.1) is 0 Å². The quantitative estimate of drug-likeness (QED) is 0.751. The average Bonchev–Trinajstić information content (AvgIpc) is 2.96. The molecule has 8 heteroatoms. The number of carbonyl (C=O) groups excluding carboxylic acids is 1. The Labute approximate surface area is 147 Å². The smallest absolute Gasteiger partial charge is 0.251 e. The number of thiophene rings is 1. The van der Waals surface area contributed by atoms with Crippen molar-refractivity contribution in [1.29, 1.82) is 0 Å². The van der Waals surface area contributed by atoms with E-state index in [0.29, 0.717) is 12.1 Å². The van der Waals surface area contributed by atoms with Gasteiger partial charge in [-0.05, 0) is 46.3 Å². The number of methoxy groups -OCH3 is 1. The van der Waals surface area contributed by atoms with Crippen molar-refractivity contribution < 1.29 is 17.9 Å². The maximum atomic E-state index is 12.1. The van der Waals surface area contributed by atoms with E-state index in [0.717, 1.165) is 9.35 Å². The first-order valence-corrected chi connectivity index (χ1v) is 10.1. The predicted molar refractivity (Wildman–Crippen MR) is 93.6 cm³/mol. The number of rotatable bonds is 7. The molecule has 0 unspecified atom stereocenters. The van der Waals surface area contributed by atoms with E-state index in [1.165, 1.54) is 31.4 Å². The summed E-state index contributed by atoms with van der Waals surface area (Å²) < 4.78 is 29.8. The lowest BCUT2D eigenvalue weighted by molar-refractivity contribution is 0.0951. The van der Waals surface area contributed by atoms with Crippen LogP contribution >= 0.6 is 27.3 Å². The number of sulfone groups is 1. The van der Waals surface area contributed by atoms with Crippen LogP contribution in [0.3, 0.4) is 0 Å². The second-order valence-corrected chi connectivity index (χ2v) is 8.77. The zero-order chi connectivity index (χ0) is 16.9. The molecule has 0 aliphatic heterocycles. The molecule has 2 rings (SSSR count). The van der Waals surface area contributed by atoms with E-state index >= 15 is 0 Å². The molecule has 5 nitrogen and oxygen atoms in total. The summed E-state index contributed by atoms with van der Waals surface area (Å²) in [5.41, 5.74) is 0.423. The number of ether oxygens (including phenoxy) is 1. The Hall–Kier alpha value is -1.22. The molecule has 1 aromatic carbocycles. The van der Waals surface area contributed by atoms with Gasteiger partial charge >= 0.3 is 0 Å². The molecule has 124 valence electrons. The summed E-state index contributed by atoms with van der Waals surface area (Å²) in [7, 11) is -1.92. The molecule has 0 bridgehead atoms. The molecule has 1 aromatic heterocycles. The van der Waals surface area contributed by atoms with Crippen molar-refractivity contribution in [2.24, 2.45) is 0 Å². The van der Waals surface area contributed by atoms with Gasteiger partial charge < -0.3 is 10.1 Å². The topological polar surface area (TPSA) is 72.5 Å². The number of halogens is 1. The van der Waals surface area contributed by atoms with Gasteiger partial charge in [0.2, 0.25) is 0 Å². The zero-order valence-electron chi connectivity index (χ0n) is 12.4. The van der Waals surface area contributed by atoms with Crippen LogP contribution in [0.1, 0.15) is 15.2 Å². The molecule has 0 atom stereocenters. The van der Waals surface area contributed by atoms with Gasteiger partial charge in [-0.2, -0.15) is 0 Å². The van der Waals surface area contributed by atoms with Crippen LogP contribution in [0.5, 0.6) is 0 Å². The van der Waals surface area contributed by atoms with Gasteiger partial charge in [0, 0.05) is 27.4 Å². The Morgan fingerprint density at radius 1 is 1.30 bits per heavy atom. The first-order valence-electron chi connectivity index (χ1n) is 6.75. The fraction of sp³-hybridized carbons (Fsp3) is 0.267. The highest BCUT2D eigenvalue weighted by Gasteiger charge is 2.15. The van der Waals surface area contributed by atoms with Crippen molar-refractivity contribution in [1.82, 2.24) is 5.32 Å². The lowest BCUT2D eigenvalue weighted by Gasteiger charge is -2.06. The average molecular weight is 418 g/mol. The predicted octanol–water partition coefficient (Wildman–Crippen LogP) is 2.86. The van der Waals surface area contributed by atoms with Crippen LogP contribution in [0.4, 0.5) is 0 Å². The van der Waals surface area contributed by atoms with Crippen molar-refractivity contribution in [3.63, 3.8) is 0 Å². The largest absolute Gasteiger partial charge is 0.384 e. The second kappa shape index (κ2) is 8.05. The van der Waals surface area contributed by atoms with Gasteiger partial charge in [-0.3, -0.25) is 4.79 Å². The number of carbonyl (C=O) groups is 1. The Balaban J connectivity index is 1.99. The van der Waals surface area contributed by atoms with E-state index in [9.17, 15) is 13.2 Å². The fourth-order valence-electron chi connectivity index (χ4n) is 1.84. The van der Waals surface area contributed by atoms with Gasteiger partial charge in [-0.1, -0.05) is 0 Å². The minimum Gasteiger partial charge on any atom is -0.384 e. The third-order valence-electron chi connectivity index (χ3n) is 3.08. The van der Waals surface area contributed by atoms with E-state index in [1.54, 1.807) is 11.3 Å².